The minimum absolute atomic E-state index is 0.599. The monoisotopic (exact) mass is 216 g/mol. The van der Waals surface area contributed by atoms with Gasteiger partial charge in [0.15, 0.2) is 0 Å². The molecular weight excluding hydrogens is 204 g/mol. The summed E-state index contributed by atoms with van der Waals surface area (Å²) in [5, 5.41) is 19.4. The summed E-state index contributed by atoms with van der Waals surface area (Å²) in [7, 11) is 0. The molecule has 1 rings (SSSR count). The number of hydrogen-bond acceptors (Lipinski definition) is 2. The van der Waals surface area contributed by atoms with Crippen LogP contribution in [0.5, 0.6) is 0 Å². The van der Waals surface area contributed by atoms with E-state index in [2.05, 4.69) is 5.32 Å². The number of carbonyl (C=O) groups is 1. The van der Waals surface area contributed by atoms with Crippen LogP contribution in [-0.2, 0) is 0 Å². The molecule has 82 valence electrons. The lowest BCUT2D eigenvalue weighted by molar-refractivity contribution is 0.209. The summed E-state index contributed by atoms with van der Waals surface area (Å²) in [5.74, 6) is 0. The van der Waals surface area contributed by atoms with Gasteiger partial charge in [0.25, 0.3) is 0 Å². The second kappa shape index (κ2) is 4.99. The highest BCUT2D eigenvalue weighted by molar-refractivity contribution is 5.85. The Bertz CT molecular complexity index is 461. The standard InChI is InChI=1S/C12H12N2O2/c1-8-6-10(4-3-5-13)7-9(2)11(8)14-12(15)16/h3-4,6-7,14H,1-2H3,(H,15,16). The molecule has 0 aromatic heterocycles. The summed E-state index contributed by atoms with van der Waals surface area (Å²) in [5.41, 5.74) is 3.15. The number of nitrogens with one attached hydrogen (secondary N) is 1. The quantitative estimate of drug-likeness (QED) is 0.746. The molecule has 4 nitrogen and oxygen atoms in total. The molecule has 0 spiro atoms. The van der Waals surface area contributed by atoms with Gasteiger partial charge in [-0.3, -0.25) is 5.32 Å². The Balaban J connectivity index is 3.13. The first-order chi connectivity index (χ1) is 7.54. The van der Waals surface area contributed by atoms with E-state index >= 15 is 0 Å². The van der Waals surface area contributed by atoms with Gasteiger partial charge >= 0.3 is 6.09 Å². The number of amides is 1. The first-order valence-electron chi connectivity index (χ1n) is 4.72. The third-order valence-electron chi connectivity index (χ3n) is 2.14. The largest absolute Gasteiger partial charge is 0.465 e. The van der Waals surface area contributed by atoms with Crippen molar-refractivity contribution in [1.82, 2.24) is 0 Å². The molecule has 0 saturated heterocycles. The van der Waals surface area contributed by atoms with Crippen LogP contribution in [0.1, 0.15) is 16.7 Å². The molecule has 0 saturated carbocycles. The molecule has 0 aliphatic carbocycles. The van der Waals surface area contributed by atoms with Gasteiger partial charge in [-0.05, 0) is 48.7 Å². The molecule has 0 heterocycles. The maximum Gasteiger partial charge on any atom is 0.409 e. The van der Waals surface area contributed by atoms with Crippen LogP contribution in [0.2, 0.25) is 0 Å². The van der Waals surface area contributed by atoms with Crippen LogP contribution < -0.4 is 5.32 Å². The fourth-order valence-electron chi connectivity index (χ4n) is 1.53. The number of benzene rings is 1. The average molecular weight is 216 g/mol. The fourth-order valence-corrected chi connectivity index (χ4v) is 1.53. The van der Waals surface area contributed by atoms with Crippen molar-refractivity contribution in [2.24, 2.45) is 0 Å². The SMILES string of the molecule is Cc1cc(C=CC#N)cc(C)c1NC(=O)O. The maximum absolute atomic E-state index is 10.6. The van der Waals surface area contributed by atoms with Crippen LogP contribution in [0.3, 0.4) is 0 Å². The minimum Gasteiger partial charge on any atom is -0.465 e. The zero-order chi connectivity index (χ0) is 12.1. The normalized spacial score (nSPS) is 10.1. The highest BCUT2D eigenvalue weighted by Gasteiger charge is 2.06. The molecule has 0 aliphatic rings. The molecular formula is C12H12N2O2. The molecule has 1 aromatic carbocycles. The second-order valence-electron chi connectivity index (χ2n) is 3.42. The van der Waals surface area contributed by atoms with Crippen molar-refractivity contribution >= 4 is 17.9 Å². The predicted molar refractivity (Wildman–Crippen MR) is 62.2 cm³/mol. The first kappa shape index (κ1) is 11.8. The lowest BCUT2D eigenvalue weighted by Crippen LogP contribution is -2.10. The van der Waals surface area contributed by atoms with Crippen LogP contribution in [0.25, 0.3) is 6.08 Å². The predicted octanol–water partition coefficient (Wildman–Crippen LogP) is 2.93. The van der Waals surface area contributed by atoms with Crippen LogP contribution >= 0.6 is 0 Å². The summed E-state index contributed by atoms with van der Waals surface area (Å²) >= 11 is 0. The van der Waals surface area contributed by atoms with Crippen LogP contribution in [0.4, 0.5) is 10.5 Å². The number of hydrogen-bond donors (Lipinski definition) is 2. The lowest BCUT2D eigenvalue weighted by atomic mass is 10.0. The van der Waals surface area contributed by atoms with Gasteiger partial charge in [-0.15, -0.1) is 0 Å². The lowest BCUT2D eigenvalue weighted by Gasteiger charge is -2.10. The zero-order valence-corrected chi connectivity index (χ0v) is 9.11. The van der Waals surface area contributed by atoms with Gasteiger partial charge in [0, 0.05) is 11.8 Å². The molecule has 1 aromatic rings. The molecule has 0 fully saturated rings. The third-order valence-corrected chi connectivity index (χ3v) is 2.14. The van der Waals surface area contributed by atoms with E-state index < -0.39 is 6.09 Å². The van der Waals surface area contributed by atoms with Gasteiger partial charge in [-0.1, -0.05) is 0 Å². The first-order valence-corrected chi connectivity index (χ1v) is 4.72. The minimum atomic E-state index is -1.08. The van der Waals surface area contributed by atoms with E-state index in [1.165, 1.54) is 6.08 Å². The Morgan fingerprint density at radius 2 is 2.00 bits per heavy atom. The maximum atomic E-state index is 10.6. The van der Waals surface area contributed by atoms with E-state index in [-0.39, 0.29) is 0 Å². The average Bonchev–Trinajstić information content (AvgIpc) is 2.20. The van der Waals surface area contributed by atoms with Crippen molar-refractivity contribution in [3.63, 3.8) is 0 Å². The van der Waals surface area contributed by atoms with Crippen molar-refractivity contribution in [3.05, 3.63) is 34.9 Å². The van der Waals surface area contributed by atoms with E-state index in [1.54, 1.807) is 6.08 Å². The molecule has 0 unspecified atom stereocenters. The number of nitriles is 1. The van der Waals surface area contributed by atoms with Gasteiger partial charge in [0.2, 0.25) is 0 Å². The Kier molecular flexibility index (Phi) is 3.67. The van der Waals surface area contributed by atoms with Crippen molar-refractivity contribution in [2.45, 2.75) is 13.8 Å². The van der Waals surface area contributed by atoms with E-state index in [9.17, 15) is 4.79 Å². The Labute approximate surface area is 93.8 Å². The highest BCUT2D eigenvalue weighted by Crippen LogP contribution is 2.22. The summed E-state index contributed by atoms with van der Waals surface area (Å²) in [6, 6.07) is 5.56. The van der Waals surface area contributed by atoms with Gasteiger partial charge < -0.3 is 5.11 Å². The third kappa shape index (κ3) is 2.85. The van der Waals surface area contributed by atoms with Crippen molar-refractivity contribution in [2.75, 3.05) is 5.32 Å². The second-order valence-corrected chi connectivity index (χ2v) is 3.42. The molecule has 16 heavy (non-hydrogen) atoms. The Morgan fingerprint density at radius 3 is 2.44 bits per heavy atom. The summed E-state index contributed by atoms with van der Waals surface area (Å²) < 4.78 is 0. The number of allylic oxidation sites excluding steroid dienone is 1. The Hall–Kier alpha value is -2.28. The van der Waals surface area contributed by atoms with Gasteiger partial charge in [0.1, 0.15) is 0 Å². The summed E-state index contributed by atoms with van der Waals surface area (Å²) in [6.07, 6.45) is 2.00. The van der Waals surface area contributed by atoms with Crippen LogP contribution in [-0.4, -0.2) is 11.2 Å². The molecule has 0 radical (unpaired) electrons. The van der Waals surface area contributed by atoms with Crippen molar-refractivity contribution in [1.29, 1.82) is 5.26 Å². The van der Waals surface area contributed by atoms with Crippen LogP contribution in [0.15, 0.2) is 18.2 Å². The van der Waals surface area contributed by atoms with Crippen molar-refractivity contribution < 1.29 is 9.90 Å². The number of rotatable bonds is 2. The van der Waals surface area contributed by atoms with E-state index in [1.807, 2.05) is 32.0 Å². The molecule has 0 bridgehead atoms. The highest BCUT2D eigenvalue weighted by atomic mass is 16.4. The van der Waals surface area contributed by atoms with Gasteiger partial charge in [0.05, 0.1) is 6.07 Å². The molecule has 2 N–H and O–H groups in total. The fraction of sp³-hybridized carbons (Fsp3) is 0.167. The number of nitrogens with zero attached hydrogens (tertiary/aromatic N) is 1. The zero-order valence-electron chi connectivity index (χ0n) is 9.11. The van der Waals surface area contributed by atoms with Gasteiger partial charge in [-0.25, -0.2) is 4.79 Å². The Morgan fingerprint density at radius 1 is 1.44 bits per heavy atom. The van der Waals surface area contributed by atoms with Crippen molar-refractivity contribution in [3.8, 4) is 6.07 Å². The smallest absolute Gasteiger partial charge is 0.409 e. The number of aryl methyl sites for hydroxylation is 2. The van der Waals surface area contributed by atoms with Gasteiger partial charge in [-0.2, -0.15) is 5.26 Å². The molecule has 0 aliphatic heterocycles. The van der Waals surface area contributed by atoms with E-state index in [0.717, 1.165) is 16.7 Å². The molecule has 1 amide bonds. The number of carboxylic acid groups (broad SMARTS) is 1. The molecule has 4 heteroatoms. The topological polar surface area (TPSA) is 73.1 Å². The van der Waals surface area contributed by atoms with E-state index in [4.69, 9.17) is 10.4 Å². The summed E-state index contributed by atoms with van der Waals surface area (Å²) in [6.45, 7) is 3.64. The summed E-state index contributed by atoms with van der Waals surface area (Å²) in [4.78, 5) is 10.6. The van der Waals surface area contributed by atoms with E-state index in [0.29, 0.717) is 5.69 Å². The van der Waals surface area contributed by atoms with Crippen LogP contribution in [0, 0.1) is 25.2 Å². The number of anilines is 1. The molecule has 0 atom stereocenters.